The largest absolute Gasteiger partial charge is 0.454 e. The van der Waals surface area contributed by atoms with E-state index in [2.05, 4.69) is 6.92 Å². The molecule has 1 aromatic carbocycles. The van der Waals surface area contributed by atoms with E-state index >= 15 is 0 Å². The Balaban J connectivity index is 1.42. The predicted molar refractivity (Wildman–Crippen MR) is 90.8 cm³/mol. The summed E-state index contributed by atoms with van der Waals surface area (Å²) < 4.78 is 17.0. The number of carbonyl (C=O) groups excluding carboxylic acids is 1. The summed E-state index contributed by atoms with van der Waals surface area (Å²) in [5.41, 5.74) is 0.348. The second-order valence-corrected chi connectivity index (χ2v) is 7.29. The number of carbonyl (C=O) groups is 1. The Morgan fingerprint density at radius 1 is 1.28 bits per heavy atom. The molecule has 136 valence electrons. The maximum atomic E-state index is 12.8. The molecule has 2 fully saturated rings. The van der Waals surface area contributed by atoms with Crippen molar-refractivity contribution < 1.29 is 24.1 Å². The average Bonchev–Trinajstić information content (AvgIpc) is 3.08. The normalized spacial score (nSPS) is 27.5. The van der Waals surface area contributed by atoms with Gasteiger partial charge < -0.3 is 24.2 Å². The van der Waals surface area contributed by atoms with Gasteiger partial charge in [-0.25, -0.2) is 0 Å². The first-order valence-electron chi connectivity index (χ1n) is 9.13. The molecule has 0 bridgehead atoms. The van der Waals surface area contributed by atoms with Gasteiger partial charge >= 0.3 is 0 Å². The Hall–Kier alpha value is -1.79. The fourth-order valence-corrected chi connectivity index (χ4v) is 4.17. The molecule has 2 saturated heterocycles. The van der Waals surface area contributed by atoms with E-state index in [0.29, 0.717) is 36.6 Å². The molecule has 2 atom stereocenters. The van der Waals surface area contributed by atoms with Crippen LogP contribution in [0.25, 0.3) is 0 Å². The summed E-state index contributed by atoms with van der Waals surface area (Å²) >= 11 is 0. The van der Waals surface area contributed by atoms with Crippen LogP contribution in [0.5, 0.6) is 11.5 Å². The first kappa shape index (κ1) is 16.7. The highest BCUT2D eigenvalue weighted by atomic mass is 16.7. The molecule has 1 spiro atoms. The lowest BCUT2D eigenvalue weighted by molar-refractivity contribution is -0.179. The summed E-state index contributed by atoms with van der Waals surface area (Å²) in [6.07, 6.45) is 3.69. The monoisotopic (exact) mass is 347 g/mol. The first-order valence-corrected chi connectivity index (χ1v) is 9.13. The molecule has 6 heteroatoms. The molecule has 4 rings (SSSR count). The SMILES string of the molecule is CC[C@H]1C[C@@H](O)CC2(CCN(C(=O)c3ccc4c(c3)OCO4)CC2)O1. The smallest absolute Gasteiger partial charge is 0.253 e. The molecular weight excluding hydrogens is 322 g/mol. The van der Waals surface area contributed by atoms with Crippen molar-refractivity contribution in [3.8, 4) is 11.5 Å². The number of nitrogens with zero attached hydrogens (tertiary/aromatic N) is 1. The molecule has 0 aromatic heterocycles. The molecule has 0 unspecified atom stereocenters. The van der Waals surface area contributed by atoms with Gasteiger partial charge in [-0.2, -0.15) is 0 Å². The van der Waals surface area contributed by atoms with Crippen molar-refractivity contribution in [1.82, 2.24) is 4.90 Å². The molecule has 25 heavy (non-hydrogen) atoms. The lowest BCUT2D eigenvalue weighted by Crippen LogP contribution is -2.53. The van der Waals surface area contributed by atoms with Crippen molar-refractivity contribution in [3.05, 3.63) is 23.8 Å². The van der Waals surface area contributed by atoms with Crippen molar-refractivity contribution in [2.45, 2.75) is 56.8 Å². The van der Waals surface area contributed by atoms with Crippen LogP contribution in [0, 0.1) is 0 Å². The molecule has 3 aliphatic rings. The van der Waals surface area contributed by atoms with Gasteiger partial charge in [-0.05, 0) is 43.9 Å². The Morgan fingerprint density at radius 3 is 2.80 bits per heavy atom. The van der Waals surface area contributed by atoms with Gasteiger partial charge in [0.2, 0.25) is 6.79 Å². The number of hydrogen-bond donors (Lipinski definition) is 1. The number of piperidine rings is 1. The third-order valence-electron chi connectivity index (χ3n) is 5.60. The zero-order chi connectivity index (χ0) is 17.4. The molecule has 3 aliphatic heterocycles. The van der Waals surface area contributed by atoms with E-state index < -0.39 is 0 Å². The third-order valence-corrected chi connectivity index (χ3v) is 5.60. The van der Waals surface area contributed by atoms with Crippen LogP contribution in [0.4, 0.5) is 0 Å². The highest BCUT2D eigenvalue weighted by Gasteiger charge is 2.43. The predicted octanol–water partition coefficient (Wildman–Crippen LogP) is 2.34. The average molecular weight is 347 g/mol. The lowest BCUT2D eigenvalue weighted by atomic mass is 9.81. The molecule has 0 aliphatic carbocycles. The number of aliphatic hydroxyl groups is 1. The van der Waals surface area contributed by atoms with Crippen LogP contribution in [0.1, 0.15) is 49.4 Å². The summed E-state index contributed by atoms with van der Waals surface area (Å²) in [6, 6.07) is 5.32. The Bertz CT molecular complexity index is 653. The summed E-state index contributed by atoms with van der Waals surface area (Å²) in [7, 11) is 0. The van der Waals surface area contributed by atoms with Gasteiger partial charge in [0.05, 0.1) is 17.8 Å². The molecule has 1 amide bonds. The topological polar surface area (TPSA) is 68.2 Å². The number of likely N-dealkylation sites (tertiary alicyclic amines) is 1. The molecule has 0 radical (unpaired) electrons. The zero-order valence-electron chi connectivity index (χ0n) is 14.6. The van der Waals surface area contributed by atoms with Gasteiger partial charge in [0.25, 0.3) is 5.91 Å². The summed E-state index contributed by atoms with van der Waals surface area (Å²) in [4.78, 5) is 14.7. The van der Waals surface area contributed by atoms with Crippen LogP contribution >= 0.6 is 0 Å². The van der Waals surface area contributed by atoms with Crippen LogP contribution in [-0.2, 0) is 4.74 Å². The number of amides is 1. The maximum Gasteiger partial charge on any atom is 0.253 e. The Labute approximate surface area is 147 Å². The molecule has 6 nitrogen and oxygen atoms in total. The molecule has 1 N–H and O–H groups in total. The van der Waals surface area contributed by atoms with E-state index in [1.54, 1.807) is 18.2 Å². The molecule has 1 aromatic rings. The summed E-state index contributed by atoms with van der Waals surface area (Å²) in [6.45, 7) is 3.60. The van der Waals surface area contributed by atoms with E-state index in [4.69, 9.17) is 14.2 Å². The van der Waals surface area contributed by atoms with Crippen molar-refractivity contribution in [1.29, 1.82) is 0 Å². The number of aliphatic hydroxyl groups excluding tert-OH is 1. The van der Waals surface area contributed by atoms with Crippen molar-refractivity contribution in [2.24, 2.45) is 0 Å². The van der Waals surface area contributed by atoms with Crippen molar-refractivity contribution >= 4 is 5.91 Å². The maximum absolute atomic E-state index is 12.8. The standard InChI is InChI=1S/C19H25NO5/c1-2-15-10-14(21)11-19(25-15)5-7-20(8-6-19)18(22)13-3-4-16-17(9-13)24-12-23-16/h3-4,9,14-15,21H,2,5-8,10-12H2,1H3/t14-,15+/m1/s1. The minimum Gasteiger partial charge on any atom is -0.454 e. The van der Waals surface area contributed by atoms with Crippen LogP contribution in [0.15, 0.2) is 18.2 Å². The number of ether oxygens (including phenoxy) is 3. The highest BCUT2D eigenvalue weighted by molar-refractivity contribution is 5.95. The fraction of sp³-hybridized carbons (Fsp3) is 0.632. The summed E-state index contributed by atoms with van der Waals surface area (Å²) in [5.74, 6) is 1.32. The second kappa shape index (κ2) is 6.50. The first-order chi connectivity index (χ1) is 12.1. The van der Waals surface area contributed by atoms with E-state index in [-0.39, 0.29) is 30.5 Å². The van der Waals surface area contributed by atoms with E-state index in [1.807, 2.05) is 4.90 Å². The lowest BCUT2D eigenvalue weighted by Gasteiger charge is -2.47. The number of hydrogen-bond acceptors (Lipinski definition) is 5. The minimum absolute atomic E-state index is 0.0107. The van der Waals surface area contributed by atoms with Gasteiger partial charge in [-0.1, -0.05) is 6.92 Å². The Kier molecular flexibility index (Phi) is 4.33. The molecular formula is C19H25NO5. The Morgan fingerprint density at radius 2 is 2.04 bits per heavy atom. The van der Waals surface area contributed by atoms with Crippen LogP contribution in [-0.4, -0.2) is 53.6 Å². The van der Waals surface area contributed by atoms with Gasteiger partial charge in [-0.3, -0.25) is 4.79 Å². The van der Waals surface area contributed by atoms with Gasteiger partial charge in [-0.15, -0.1) is 0 Å². The second-order valence-electron chi connectivity index (χ2n) is 7.29. The quantitative estimate of drug-likeness (QED) is 0.889. The number of rotatable bonds is 2. The van der Waals surface area contributed by atoms with E-state index in [0.717, 1.165) is 25.7 Å². The van der Waals surface area contributed by atoms with E-state index in [1.165, 1.54) is 0 Å². The molecule has 3 heterocycles. The molecule has 0 saturated carbocycles. The highest BCUT2D eigenvalue weighted by Crippen LogP contribution is 2.39. The number of benzene rings is 1. The van der Waals surface area contributed by atoms with E-state index in [9.17, 15) is 9.90 Å². The fourth-order valence-electron chi connectivity index (χ4n) is 4.17. The van der Waals surface area contributed by atoms with Gasteiger partial charge in [0, 0.05) is 25.1 Å². The minimum atomic E-state index is -0.296. The van der Waals surface area contributed by atoms with Crippen LogP contribution in [0.3, 0.4) is 0 Å². The van der Waals surface area contributed by atoms with Crippen LogP contribution < -0.4 is 9.47 Å². The van der Waals surface area contributed by atoms with Crippen LogP contribution in [0.2, 0.25) is 0 Å². The third kappa shape index (κ3) is 3.20. The number of fused-ring (bicyclic) bond motifs is 1. The van der Waals surface area contributed by atoms with Crippen molar-refractivity contribution in [3.63, 3.8) is 0 Å². The summed E-state index contributed by atoms with van der Waals surface area (Å²) in [5, 5.41) is 10.2. The van der Waals surface area contributed by atoms with Crippen molar-refractivity contribution in [2.75, 3.05) is 19.9 Å². The van der Waals surface area contributed by atoms with Gasteiger partial charge in [0.15, 0.2) is 11.5 Å². The zero-order valence-corrected chi connectivity index (χ0v) is 14.6. The van der Waals surface area contributed by atoms with Gasteiger partial charge in [0.1, 0.15) is 0 Å².